The molecule has 1 atom stereocenters. The molecule has 0 spiro atoms. The highest BCUT2D eigenvalue weighted by atomic mass is 16.6. The van der Waals surface area contributed by atoms with Crippen molar-refractivity contribution in [3.05, 3.63) is 52.4 Å². The number of dihydropyridines is 1. The average Bonchev–Trinajstić information content (AvgIpc) is 2.66. The van der Waals surface area contributed by atoms with Crippen molar-refractivity contribution in [1.29, 1.82) is 0 Å². The van der Waals surface area contributed by atoms with E-state index in [0.717, 1.165) is 24.1 Å². The molecule has 1 aromatic rings. The van der Waals surface area contributed by atoms with E-state index in [0.29, 0.717) is 36.5 Å². The number of esters is 1. The van der Waals surface area contributed by atoms with Gasteiger partial charge in [0, 0.05) is 35.9 Å². The maximum Gasteiger partial charge on any atom is 0.336 e. The molecule has 0 saturated heterocycles. The van der Waals surface area contributed by atoms with Crippen LogP contribution in [-0.2, 0) is 19.1 Å². The Morgan fingerprint density at radius 1 is 1.17 bits per heavy atom. The van der Waals surface area contributed by atoms with Crippen molar-refractivity contribution in [1.82, 2.24) is 5.32 Å². The molecule has 1 aliphatic carbocycles. The summed E-state index contributed by atoms with van der Waals surface area (Å²) in [6, 6.07) is 6.67. The normalized spacial score (nSPS) is 20.7. The maximum absolute atomic E-state index is 13.2. The lowest BCUT2D eigenvalue weighted by Gasteiger charge is -2.39. The zero-order valence-corrected chi connectivity index (χ0v) is 18.2. The van der Waals surface area contributed by atoms with Crippen LogP contribution < -0.4 is 5.32 Å². The quantitative estimate of drug-likeness (QED) is 0.520. The number of carbonyl (C=O) groups excluding carboxylic acids is 2. The molecule has 0 aromatic heterocycles. The summed E-state index contributed by atoms with van der Waals surface area (Å²) in [5.41, 5.74) is 3.26. The van der Waals surface area contributed by atoms with Crippen LogP contribution in [0.15, 0.2) is 46.8 Å². The third kappa shape index (κ3) is 4.75. The highest BCUT2D eigenvalue weighted by molar-refractivity contribution is 6.04. The molecule has 0 amide bonds. The summed E-state index contributed by atoms with van der Waals surface area (Å²) in [5.74, 6) is -0.802. The molecule has 0 radical (unpaired) electrons. The molecule has 3 rings (SSSR count). The average molecular weight is 414 g/mol. The van der Waals surface area contributed by atoms with Gasteiger partial charge in [-0.25, -0.2) is 4.79 Å². The van der Waals surface area contributed by atoms with E-state index >= 15 is 0 Å². The summed E-state index contributed by atoms with van der Waals surface area (Å²) < 4.78 is 10.9. The molecule has 0 bridgehead atoms. The first kappa shape index (κ1) is 22.1. The second-order valence-corrected chi connectivity index (χ2v) is 8.77. The molecule has 2 N–H and O–H groups in total. The summed E-state index contributed by atoms with van der Waals surface area (Å²) >= 11 is 0. The molecule has 0 saturated carbocycles. The summed E-state index contributed by atoms with van der Waals surface area (Å²) in [6.07, 6.45) is 2.06. The highest BCUT2D eigenvalue weighted by Crippen LogP contribution is 2.46. The zero-order valence-electron chi connectivity index (χ0n) is 18.2. The Labute approximate surface area is 178 Å². The third-order valence-electron chi connectivity index (χ3n) is 5.50. The fraction of sp³-hybridized carbons (Fsp3) is 0.500. The van der Waals surface area contributed by atoms with Gasteiger partial charge in [0.2, 0.25) is 0 Å². The third-order valence-corrected chi connectivity index (χ3v) is 5.50. The number of Topliss-reactive ketones (excluding diaryl/α,β-unsaturated/α-hetero) is 1. The van der Waals surface area contributed by atoms with Gasteiger partial charge in [-0.05, 0) is 42.9 Å². The van der Waals surface area contributed by atoms with E-state index in [1.807, 2.05) is 13.8 Å². The van der Waals surface area contributed by atoms with Crippen LogP contribution in [0.1, 0.15) is 58.4 Å². The molecule has 1 unspecified atom stereocenters. The molecule has 1 aromatic carbocycles. The number of hydrogen-bond donors (Lipinski definition) is 2. The molecule has 1 heterocycles. The Kier molecular flexibility index (Phi) is 6.66. The fourth-order valence-electron chi connectivity index (χ4n) is 4.22. The van der Waals surface area contributed by atoms with Crippen LogP contribution in [0, 0.1) is 5.41 Å². The van der Waals surface area contributed by atoms with Gasteiger partial charge >= 0.3 is 5.97 Å². The lowest BCUT2D eigenvalue weighted by atomic mass is 9.68. The summed E-state index contributed by atoms with van der Waals surface area (Å²) in [6.45, 7) is 9.13. The Balaban J connectivity index is 1.95. The first-order chi connectivity index (χ1) is 14.2. The van der Waals surface area contributed by atoms with Crippen molar-refractivity contribution in [2.24, 2.45) is 5.41 Å². The minimum atomic E-state index is -0.519. The highest BCUT2D eigenvalue weighted by Gasteiger charge is 2.43. The largest absolute Gasteiger partial charge is 0.508 e. The van der Waals surface area contributed by atoms with Gasteiger partial charge < -0.3 is 19.9 Å². The topological polar surface area (TPSA) is 84.9 Å². The Bertz CT molecular complexity index is 879. The summed E-state index contributed by atoms with van der Waals surface area (Å²) in [4.78, 5) is 26.2. The first-order valence-corrected chi connectivity index (χ1v) is 10.5. The zero-order chi connectivity index (χ0) is 21.9. The van der Waals surface area contributed by atoms with E-state index in [1.54, 1.807) is 24.3 Å². The SMILES string of the molecule is CCCOCCOC(=O)C1=C(C)NC2=C(C(=O)CC(C)(C)C2)C1c1ccc(O)cc1. The minimum absolute atomic E-state index is 0.0379. The molecular formula is C24H31NO5. The number of phenols is 1. The Hall–Kier alpha value is -2.60. The number of allylic oxidation sites excluding steroid dienone is 3. The molecular weight excluding hydrogens is 382 g/mol. The van der Waals surface area contributed by atoms with Crippen molar-refractivity contribution < 1.29 is 24.2 Å². The van der Waals surface area contributed by atoms with E-state index in [-0.39, 0.29) is 23.6 Å². The summed E-state index contributed by atoms with van der Waals surface area (Å²) in [5, 5.41) is 13.0. The standard InChI is InChI=1S/C24H31NO5/c1-5-10-29-11-12-30-23(28)20-15(2)25-18-13-24(3,4)14-19(27)22(18)21(20)16-6-8-17(26)9-7-16/h6-9,21,25-26H,5,10-14H2,1-4H3. The number of hydrogen-bond acceptors (Lipinski definition) is 6. The van der Waals surface area contributed by atoms with Gasteiger partial charge in [0.15, 0.2) is 5.78 Å². The van der Waals surface area contributed by atoms with Crippen molar-refractivity contribution in [2.45, 2.75) is 52.9 Å². The minimum Gasteiger partial charge on any atom is -0.508 e. The van der Waals surface area contributed by atoms with Crippen LogP contribution in [0.2, 0.25) is 0 Å². The van der Waals surface area contributed by atoms with Gasteiger partial charge in [0.05, 0.1) is 12.2 Å². The molecule has 1 aliphatic heterocycles. The number of benzene rings is 1. The van der Waals surface area contributed by atoms with Crippen LogP contribution in [0.4, 0.5) is 0 Å². The predicted molar refractivity (Wildman–Crippen MR) is 114 cm³/mol. The number of aromatic hydroxyl groups is 1. The van der Waals surface area contributed by atoms with E-state index in [4.69, 9.17) is 9.47 Å². The molecule has 30 heavy (non-hydrogen) atoms. The molecule has 6 heteroatoms. The predicted octanol–water partition coefficient (Wildman–Crippen LogP) is 3.97. The Morgan fingerprint density at radius 2 is 1.87 bits per heavy atom. The van der Waals surface area contributed by atoms with Gasteiger partial charge in [-0.3, -0.25) is 4.79 Å². The van der Waals surface area contributed by atoms with Gasteiger partial charge in [-0.1, -0.05) is 32.9 Å². The lowest BCUT2D eigenvalue weighted by Crippen LogP contribution is -2.38. The second-order valence-electron chi connectivity index (χ2n) is 8.77. The monoisotopic (exact) mass is 413 g/mol. The van der Waals surface area contributed by atoms with Gasteiger partial charge in [-0.15, -0.1) is 0 Å². The number of ether oxygens (including phenoxy) is 2. The fourth-order valence-corrected chi connectivity index (χ4v) is 4.22. The molecule has 2 aliphatic rings. The summed E-state index contributed by atoms with van der Waals surface area (Å²) in [7, 11) is 0. The van der Waals surface area contributed by atoms with Crippen LogP contribution >= 0.6 is 0 Å². The first-order valence-electron chi connectivity index (χ1n) is 10.5. The molecule has 162 valence electrons. The van der Waals surface area contributed by atoms with Crippen molar-refractivity contribution in [2.75, 3.05) is 19.8 Å². The maximum atomic E-state index is 13.2. The van der Waals surface area contributed by atoms with E-state index in [2.05, 4.69) is 19.2 Å². The molecule has 0 fully saturated rings. The Morgan fingerprint density at radius 3 is 2.53 bits per heavy atom. The number of carbonyl (C=O) groups is 2. The van der Waals surface area contributed by atoms with Crippen LogP contribution in [0.25, 0.3) is 0 Å². The van der Waals surface area contributed by atoms with Crippen molar-refractivity contribution in [3.63, 3.8) is 0 Å². The van der Waals surface area contributed by atoms with Crippen LogP contribution in [0.3, 0.4) is 0 Å². The van der Waals surface area contributed by atoms with Crippen LogP contribution in [-0.4, -0.2) is 36.7 Å². The van der Waals surface area contributed by atoms with Gasteiger partial charge in [0.1, 0.15) is 12.4 Å². The van der Waals surface area contributed by atoms with Crippen molar-refractivity contribution >= 4 is 11.8 Å². The van der Waals surface area contributed by atoms with Gasteiger partial charge in [-0.2, -0.15) is 0 Å². The number of phenolic OH excluding ortho intramolecular Hbond substituents is 1. The van der Waals surface area contributed by atoms with Gasteiger partial charge in [0.25, 0.3) is 0 Å². The smallest absolute Gasteiger partial charge is 0.336 e. The van der Waals surface area contributed by atoms with Crippen molar-refractivity contribution in [3.8, 4) is 5.75 Å². The van der Waals surface area contributed by atoms with Crippen LogP contribution in [0.5, 0.6) is 5.75 Å². The number of nitrogens with one attached hydrogen (secondary N) is 1. The lowest BCUT2D eigenvalue weighted by molar-refractivity contribution is -0.141. The van der Waals surface area contributed by atoms with E-state index in [9.17, 15) is 14.7 Å². The van der Waals surface area contributed by atoms with E-state index in [1.165, 1.54) is 0 Å². The van der Waals surface area contributed by atoms with E-state index < -0.39 is 11.9 Å². The molecule has 6 nitrogen and oxygen atoms in total. The second kappa shape index (κ2) is 9.04. The number of rotatable bonds is 7. The number of ketones is 1.